The molecular weight excluding hydrogens is 267 g/mol. The van der Waals surface area contributed by atoms with Crippen molar-refractivity contribution in [2.45, 2.75) is 23.1 Å². The maximum Gasteiger partial charge on any atom is 0.0664 e. The fraction of sp³-hybridized carbons (Fsp3) is 1.00. The van der Waals surface area contributed by atoms with E-state index in [2.05, 4.69) is 52.4 Å². The Balaban J connectivity index is 2.95. The summed E-state index contributed by atoms with van der Waals surface area (Å²) in [6, 6.07) is 0. The molecule has 0 aliphatic carbocycles. The van der Waals surface area contributed by atoms with Crippen LogP contribution in [-0.4, -0.2) is 2.83 Å². The summed E-state index contributed by atoms with van der Waals surface area (Å²) < 4.78 is 0.657. The van der Waals surface area contributed by atoms with Crippen molar-refractivity contribution in [1.29, 1.82) is 0 Å². The van der Waals surface area contributed by atoms with Gasteiger partial charge in [0.15, 0.2) is 0 Å². The van der Waals surface area contributed by atoms with Crippen molar-refractivity contribution in [3.8, 4) is 0 Å². The molecule has 0 aromatic heterocycles. The molecule has 0 nitrogen and oxygen atoms in total. The Labute approximate surface area is 67.3 Å². The molecule has 0 bridgehead atoms. The van der Waals surface area contributed by atoms with E-state index in [4.69, 9.17) is 0 Å². The van der Waals surface area contributed by atoms with Crippen LogP contribution in [0.15, 0.2) is 0 Å². The van der Waals surface area contributed by atoms with E-state index in [0.29, 0.717) is 2.83 Å². The molecule has 0 radical (unpaired) electrons. The van der Waals surface area contributed by atoms with E-state index >= 15 is 0 Å². The van der Waals surface area contributed by atoms with Gasteiger partial charge in [-0.05, 0) is 12.3 Å². The lowest BCUT2D eigenvalue weighted by Crippen LogP contribution is -1.92. The lowest BCUT2D eigenvalue weighted by atomic mass is 10.2. The fourth-order valence-electron chi connectivity index (χ4n) is 0.356. The number of hydrogen-bond acceptors (Lipinski definition) is 0. The minimum Gasteiger partial charge on any atom is -0.0775 e. The molecule has 0 aliphatic heterocycles. The normalized spacial score (nSPS) is 15.0. The van der Waals surface area contributed by atoms with E-state index in [1.165, 1.54) is 6.42 Å². The molecule has 7 heavy (non-hydrogen) atoms. The molecule has 1 unspecified atom stereocenters. The maximum atomic E-state index is 3.46. The minimum absolute atomic E-state index is 0.657. The van der Waals surface area contributed by atoms with Crippen LogP contribution in [0.1, 0.15) is 20.3 Å². The van der Waals surface area contributed by atoms with Gasteiger partial charge in [0.05, 0.1) is 2.83 Å². The second-order valence-corrected chi connectivity index (χ2v) is 6.34. The van der Waals surface area contributed by atoms with Crippen LogP contribution >= 0.6 is 38.5 Å². The van der Waals surface area contributed by atoms with Crippen molar-refractivity contribution in [1.82, 2.24) is 0 Å². The Hall–Kier alpha value is 1.21. The Kier molecular flexibility index (Phi) is 4.84. The summed E-state index contributed by atoms with van der Waals surface area (Å²) in [5, 5.41) is 0. The summed E-state index contributed by atoms with van der Waals surface area (Å²) >= 11 is 5.84. The Morgan fingerprint density at radius 1 is 1.57 bits per heavy atom. The van der Waals surface area contributed by atoms with E-state index in [1.54, 1.807) is 0 Å². The summed E-state index contributed by atoms with van der Waals surface area (Å²) in [6.45, 7) is 4.46. The van der Waals surface area contributed by atoms with Gasteiger partial charge in [-0.2, -0.15) is 0 Å². The molecule has 0 spiro atoms. The third kappa shape index (κ3) is 7.21. The number of rotatable bonds is 2. The summed E-state index contributed by atoms with van der Waals surface area (Å²) in [7, 11) is 0. The van der Waals surface area contributed by atoms with Gasteiger partial charge in [-0.25, -0.2) is 0 Å². The van der Waals surface area contributed by atoms with E-state index in [0.717, 1.165) is 5.92 Å². The van der Waals surface area contributed by atoms with Crippen LogP contribution in [0.5, 0.6) is 0 Å². The van der Waals surface area contributed by atoms with E-state index in [9.17, 15) is 0 Å². The summed E-state index contributed by atoms with van der Waals surface area (Å²) in [6.07, 6.45) is 1.26. The number of halogens is 2. The van der Waals surface area contributed by atoms with E-state index in [-0.39, 0.29) is 0 Å². The molecule has 0 saturated carbocycles. The number of alkyl halides is 2. The van der Waals surface area contributed by atoms with Gasteiger partial charge in [0, 0.05) is 0 Å². The standard InChI is InChI=1S/C5H10BrI/c1-4(2)3-5(6)7/h4-5H,3H2,1-2H3. The lowest BCUT2D eigenvalue weighted by molar-refractivity contribution is 0.628. The van der Waals surface area contributed by atoms with Crippen LogP contribution in [0.25, 0.3) is 0 Å². The zero-order valence-corrected chi connectivity index (χ0v) is 8.36. The Bertz CT molecular complexity index is 37.3. The third-order valence-electron chi connectivity index (χ3n) is 0.650. The molecule has 0 heterocycles. The molecule has 0 aliphatic rings. The fourth-order valence-corrected chi connectivity index (χ4v) is 2.12. The van der Waals surface area contributed by atoms with Crippen LogP contribution in [0.4, 0.5) is 0 Å². The largest absolute Gasteiger partial charge is 0.0775 e. The van der Waals surface area contributed by atoms with Crippen LogP contribution in [0.3, 0.4) is 0 Å². The van der Waals surface area contributed by atoms with Gasteiger partial charge in [0.25, 0.3) is 0 Å². The van der Waals surface area contributed by atoms with Crippen molar-refractivity contribution in [2.24, 2.45) is 5.92 Å². The maximum absolute atomic E-state index is 3.46. The lowest BCUT2D eigenvalue weighted by Gasteiger charge is -2.02. The van der Waals surface area contributed by atoms with Crippen LogP contribution in [-0.2, 0) is 0 Å². The van der Waals surface area contributed by atoms with Crippen molar-refractivity contribution < 1.29 is 0 Å². The average Bonchev–Trinajstić information content (AvgIpc) is 1.27. The zero-order valence-electron chi connectivity index (χ0n) is 4.62. The van der Waals surface area contributed by atoms with Gasteiger partial charge in [-0.3, -0.25) is 0 Å². The van der Waals surface area contributed by atoms with Crippen molar-refractivity contribution in [3.63, 3.8) is 0 Å². The zero-order chi connectivity index (χ0) is 5.86. The van der Waals surface area contributed by atoms with Gasteiger partial charge >= 0.3 is 0 Å². The smallest absolute Gasteiger partial charge is 0.0664 e. The molecule has 2 heteroatoms. The van der Waals surface area contributed by atoms with Crippen molar-refractivity contribution >= 4 is 38.5 Å². The minimum atomic E-state index is 0.657. The molecule has 0 aromatic rings. The molecule has 0 fully saturated rings. The van der Waals surface area contributed by atoms with Gasteiger partial charge in [-0.1, -0.05) is 52.4 Å². The first kappa shape index (κ1) is 8.21. The predicted molar refractivity (Wildman–Crippen MR) is 46.2 cm³/mol. The highest BCUT2D eigenvalue weighted by atomic mass is 127. The molecular formula is C5H10BrI. The van der Waals surface area contributed by atoms with E-state index < -0.39 is 0 Å². The van der Waals surface area contributed by atoms with Crippen molar-refractivity contribution in [3.05, 3.63) is 0 Å². The monoisotopic (exact) mass is 276 g/mol. The van der Waals surface area contributed by atoms with Crippen LogP contribution in [0.2, 0.25) is 0 Å². The highest BCUT2D eigenvalue weighted by molar-refractivity contribution is 14.1. The molecule has 0 aromatic carbocycles. The van der Waals surface area contributed by atoms with Gasteiger partial charge < -0.3 is 0 Å². The first-order valence-corrected chi connectivity index (χ1v) is 4.57. The Morgan fingerprint density at radius 2 is 2.00 bits per heavy atom. The van der Waals surface area contributed by atoms with Gasteiger partial charge in [0.1, 0.15) is 0 Å². The molecule has 1 atom stereocenters. The first-order chi connectivity index (χ1) is 3.13. The first-order valence-electron chi connectivity index (χ1n) is 2.41. The summed E-state index contributed by atoms with van der Waals surface area (Å²) in [4.78, 5) is 0. The molecule has 0 saturated heterocycles. The second-order valence-electron chi connectivity index (χ2n) is 2.02. The van der Waals surface area contributed by atoms with Gasteiger partial charge in [-0.15, -0.1) is 0 Å². The summed E-state index contributed by atoms with van der Waals surface area (Å²) in [5.74, 6) is 0.821. The molecule has 0 N–H and O–H groups in total. The predicted octanol–water partition coefficient (Wildman–Crippen LogP) is 3.19. The average molecular weight is 277 g/mol. The highest BCUT2D eigenvalue weighted by Gasteiger charge is 1.99. The molecule has 44 valence electrons. The highest BCUT2D eigenvalue weighted by Crippen LogP contribution is 2.17. The SMILES string of the molecule is CC(C)CC(Br)I. The Morgan fingerprint density at radius 3 is 2.00 bits per heavy atom. The number of hydrogen-bond donors (Lipinski definition) is 0. The third-order valence-corrected chi connectivity index (χ3v) is 1.53. The van der Waals surface area contributed by atoms with E-state index in [1.807, 2.05) is 0 Å². The van der Waals surface area contributed by atoms with Gasteiger partial charge in [0.2, 0.25) is 0 Å². The second kappa shape index (κ2) is 4.13. The van der Waals surface area contributed by atoms with Crippen LogP contribution in [0, 0.1) is 5.92 Å². The van der Waals surface area contributed by atoms with Crippen LogP contribution < -0.4 is 0 Å². The quantitative estimate of drug-likeness (QED) is 0.537. The molecule has 0 rings (SSSR count). The topological polar surface area (TPSA) is 0 Å². The molecule has 0 amide bonds. The summed E-state index contributed by atoms with van der Waals surface area (Å²) in [5.41, 5.74) is 0. The van der Waals surface area contributed by atoms with Crippen molar-refractivity contribution in [2.75, 3.05) is 0 Å².